The lowest BCUT2D eigenvalue weighted by Gasteiger charge is -2.19. The summed E-state index contributed by atoms with van der Waals surface area (Å²) in [6.07, 6.45) is 0. The third-order valence-electron chi connectivity index (χ3n) is 2.47. The van der Waals surface area contributed by atoms with Crippen molar-refractivity contribution >= 4 is 34.7 Å². The molecule has 0 heterocycles. The number of halogens is 2. The molecule has 0 aliphatic rings. The summed E-state index contributed by atoms with van der Waals surface area (Å²) >= 11 is 12.5. The van der Waals surface area contributed by atoms with E-state index in [4.69, 9.17) is 32.7 Å². The Hall–Kier alpha value is -1.13. The molecule has 0 saturated carbocycles. The summed E-state index contributed by atoms with van der Waals surface area (Å²) in [5.74, 6) is 0.390. The molecule has 0 aliphatic carbocycles. The van der Waals surface area contributed by atoms with Gasteiger partial charge in [-0.05, 0) is 20.8 Å². The number of rotatable bonds is 6. The van der Waals surface area contributed by atoms with Gasteiger partial charge in [0.2, 0.25) is 0 Å². The Balaban J connectivity index is 3.67. The highest BCUT2D eigenvalue weighted by atomic mass is 35.5. The van der Waals surface area contributed by atoms with E-state index in [1.165, 1.54) is 6.92 Å². The first-order chi connectivity index (χ1) is 8.99. The lowest BCUT2D eigenvalue weighted by Crippen LogP contribution is -2.08. The van der Waals surface area contributed by atoms with E-state index >= 15 is 0 Å². The summed E-state index contributed by atoms with van der Waals surface area (Å²) in [5.41, 5.74) is 0.762. The molecule has 1 aromatic carbocycles. The van der Waals surface area contributed by atoms with Gasteiger partial charge in [0.1, 0.15) is 15.6 Å². The minimum Gasteiger partial charge on any atom is -0.491 e. The van der Waals surface area contributed by atoms with Crippen LogP contribution in [-0.4, -0.2) is 26.0 Å². The van der Waals surface area contributed by atoms with Gasteiger partial charge < -0.3 is 14.8 Å². The van der Waals surface area contributed by atoms with Crippen molar-refractivity contribution in [3.63, 3.8) is 0 Å². The number of hydrogen-bond acceptors (Lipinski definition) is 4. The molecule has 19 heavy (non-hydrogen) atoms. The van der Waals surface area contributed by atoms with Gasteiger partial charge in [-0.15, -0.1) is 0 Å². The lowest BCUT2D eigenvalue weighted by atomic mass is 10.1. The first-order valence-electron chi connectivity index (χ1n) is 5.98. The standard InChI is InChI=1S/C13H17Cl2NO3/c1-5-18-12-8(7(3)17)13(19-6-2)10(15)11(16-4)9(12)14/h16H,5-6H2,1-4H3. The molecular weight excluding hydrogens is 289 g/mol. The minimum absolute atomic E-state index is 0.210. The zero-order chi connectivity index (χ0) is 14.6. The van der Waals surface area contributed by atoms with E-state index in [1.807, 2.05) is 13.8 Å². The molecule has 0 amide bonds. The van der Waals surface area contributed by atoms with Crippen LogP contribution < -0.4 is 14.8 Å². The van der Waals surface area contributed by atoms with Gasteiger partial charge in [-0.2, -0.15) is 0 Å². The van der Waals surface area contributed by atoms with E-state index in [0.29, 0.717) is 30.4 Å². The zero-order valence-corrected chi connectivity index (χ0v) is 12.9. The zero-order valence-electron chi connectivity index (χ0n) is 11.4. The summed E-state index contributed by atoms with van der Waals surface area (Å²) in [6.45, 7) is 5.82. The second kappa shape index (κ2) is 6.87. The number of Topliss-reactive ketones (excluding diaryl/α,β-unsaturated/α-hetero) is 1. The number of ether oxygens (including phenoxy) is 2. The number of anilines is 1. The monoisotopic (exact) mass is 305 g/mol. The van der Waals surface area contributed by atoms with Crippen molar-refractivity contribution in [2.75, 3.05) is 25.6 Å². The predicted molar refractivity (Wildman–Crippen MR) is 78.4 cm³/mol. The third-order valence-corrected chi connectivity index (χ3v) is 3.19. The molecular formula is C13H17Cl2NO3. The van der Waals surface area contributed by atoms with E-state index < -0.39 is 0 Å². The predicted octanol–water partition coefficient (Wildman–Crippen LogP) is 4.04. The van der Waals surface area contributed by atoms with Crippen LogP contribution in [0, 0.1) is 0 Å². The van der Waals surface area contributed by atoms with Crippen LogP contribution in [0.25, 0.3) is 0 Å². The van der Waals surface area contributed by atoms with E-state index in [9.17, 15) is 4.79 Å². The first-order valence-corrected chi connectivity index (χ1v) is 6.74. The van der Waals surface area contributed by atoms with E-state index in [1.54, 1.807) is 7.05 Å². The Labute approximate surface area is 123 Å². The maximum absolute atomic E-state index is 11.8. The molecule has 0 fully saturated rings. The fraction of sp³-hybridized carbons (Fsp3) is 0.462. The van der Waals surface area contributed by atoms with E-state index in [2.05, 4.69) is 5.32 Å². The smallest absolute Gasteiger partial charge is 0.167 e. The van der Waals surface area contributed by atoms with Gasteiger partial charge in [0.25, 0.3) is 0 Å². The van der Waals surface area contributed by atoms with Crippen molar-refractivity contribution < 1.29 is 14.3 Å². The Morgan fingerprint density at radius 3 is 1.79 bits per heavy atom. The summed E-state index contributed by atoms with van der Waals surface area (Å²) in [6, 6.07) is 0. The average Bonchev–Trinajstić information content (AvgIpc) is 2.35. The molecule has 0 unspecified atom stereocenters. The van der Waals surface area contributed by atoms with Crippen LogP contribution in [0.15, 0.2) is 0 Å². The lowest BCUT2D eigenvalue weighted by molar-refractivity contribution is 0.101. The molecule has 1 N–H and O–H groups in total. The third kappa shape index (κ3) is 3.07. The molecule has 0 aliphatic heterocycles. The second-order valence-electron chi connectivity index (χ2n) is 3.71. The fourth-order valence-corrected chi connectivity index (χ4v) is 2.47. The van der Waals surface area contributed by atoms with Crippen LogP contribution >= 0.6 is 23.2 Å². The largest absolute Gasteiger partial charge is 0.491 e. The Kier molecular flexibility index (Phi) is 5.76. The number of carbonyl (C=O) groups excluding carboxylic acids is 1. The van der Waals surface area contributed by atoms with Gasteiger partial charge in [0, 0.05) is 7.05 Å². The quantitative estimate of drug-likeness (QED) is 0.806. The highest BCUT2D eigenvalue weighted by Crippen LogP contribution is 2.48. The van der Waals surface area contributed by atoms with Crippen molar-refractivity contribution in [3.8, 4) is 11.5 Å². The van der Waals surface area contributed by atoms with Gasteiger partial charge in [0.05, 0.1) is 18.9 Å². The number of ketones is 1. The van der Waals surface area contributed by atoms with Crippen LogP contribution in [0.4, 0.5) is 5.69 Å². The molecule has 1 rings (SSSR count). The van der Waals surface area contributed by atoms with Crippen molar-refractivity contribution in [2.45, 2.75) is 20.8 Å². The Bertz CT molecular complexity index is 456. The molecule has 0 bridgehead atoms. The van der Waals surface area contributed by atoms with Crippen LogP contribution in [0.1, 0.15) is 31.1 Å². The topological polar surface area (TPSA) is 47.6 Å². The molecule has 1 aromatic rings. The van der Waals surface area contributed by atoms with Crippen molar-refractivity contribution in [1.29, 1.82) is 0 Å². The van der Waals surface area contributed by atoms with Crippen LogP contribution in [0.5, 0.6) is 11.5 Å². The second-order valence-corrected chi connectivity index (χ2v) is 4.46. The summed E-state index contributed by atoms with van der Waals surface area (Å²) < 4.78 is 11.0. The average molecular weight is 306 g/mol. The molecule has 0 aromatic heterocycles. The first kappa shape index (κ1) is 15.9. The van der Waals surface area contributed by atoms with Gasteiger partial charge in [-0.3, -0.25) is 4.79 Å². The van der Waals surface area contributed by atoms with Gasteiger partial charge in [0.15, 0.2) is 17.3 Å². The summed E-state index contributed by atoms with van der Waals surface area (Å²) in [5, 5.41) is 3.45. The number of carbonyl (C=O) groups is 1. The highest BCUT2D eigenvalue weighted by Gasteiger charge is 2.26. The van der Waals surface area contributed by atoms with Crippen LogP contribution in [0.3, 0.4) is 0 Å². The molecule has 6 heteroatoms. The number of hydrogen-bond donors (Lipinski definition) is 1. The fourth-order valence-electron chi connectivity index (χ4n) is 1.75. The van der Waals surface area contributed by atoms with E-state index in [0.717, 1.165) is 0 Å². The van der Waals surface area contributed by atoms with Crippen molar-refractivity contribution in [2.24, 2.45) is 0 Å². The highest BCUT2D eigenvalue weighted by molar-refractivity contribution is 6.42. The van der Waals surface area contributed by atoms with Crippen molar-refractivity contribution in [1.82, 2.24) is 0 Å². The van der Waals surface area contributed by atoms with Gasteiger partial charge in [-0.1, -0.05) is 23.2 Å². The van der Waals surface area contributed by atoms with Crippen molar-refractivity contribution in [3.05, 3.63) is 15.6 Å². The maximum Gasteiger partial charge on any atom is 0.167 e. The van der Waals surface area contributed by atoms with Crippen LogP contribution in [-0.2, 0) is 0 Å². The molecule has 4 nitrogen and oxygen atoms in total. The van der Waals surface area contributed by atoms with E-state index in [-0.39, 0.29) is 21.4 Å². The number of benzene rings is 1. The maximum atomic E-state index is 11.8. The summed E-state index contributed by atoms with van der Waals surface area (Å²) in [4.78, 5) is 11.8. The van der Waals surface area contributed by atoms with Gasteiger partial charge >= 0.3 is 0 Å². The Morgan fingerprint density at radius 2 is 1.53 bits per heavy atom. The van der Waals surface area contributed by atoms with Crippen LogP contribution in [0.2, 0.25) is 10.0 Å². The molecule has 0 spiro atoms. The van der Waals surface area contributed by atoms with Gasteiger partial charge in [-0.25, -0.2) is 0 Å². The SMILES string of the molecule is CCOc1c(Cl)c(NC)c(Cl)c(OCC)c1C(C)=O. The molecule has 0 radical (unpaired) electrons. The molecule has 106 valence electrons. The minimum atomic E-state index is -0.210. The molecule has 0 atom stereocenters. The summed E-state index contributed by atoms with van der Waals surface area (Å²) in [7, 11) is 1.69. The molecule has 0 saturated heterocycles. The number of nitrogens with one attached hydrogen (secondary N) is 1. The Morgan fingerprint density at radius 1 is 1.11 bits per heavy atom. The normalized spacial score (nSPS) is 10.2.